The first-order valence-electron chi connectivity index (χ1n) is 10.6. The summed E-state index contributed by atoms with van der Waals surface area (Å²) in [6, 6.07) is 18.2. The molecule has 1 fully saturated rings. The second kappa shape index (κ2) is 8.03. The Kier molecular flexibility index (Phi) is 5.19. The quantitative estimate of drug-likeness (QED) is 0.501. The number of hydrogen-bond donors (Lipinski definition) is 1. The Bertz CT molecular complexity index is 1420. The van der Waals surface area contributed by atoms with E-state index in [9.17, 15) is 13.2 Å². The van der Waals surface area contributed by atoms with Gasteiger partial charge in [-0.25, -0.2) is 13.4 Å². The normalized spacial score (nSPS) is 15.9. The first-order valence-corrected chi connectivity index (χ1v) is 12.0. The fraction of sp³-hybridized carbons (Fsp3) is 0.250. The molecule has 1 aliphatic rings. The zero-order valence-electron chi connectivity index (χ0n) is 17.6. The van der Waals surface area contributed by atoms with Crippen molar-refractivity contribution >= 4 is 43.5 Å². The number of carbonyl (C=O) groups excluding carboxylic acids is 1. The van der Waals surface area contributed by atoms with Gasteiger partial charge in [-0.05, 0) is 53.9 Å². The summed E-state index contributed by atoms with van der Waals surface area (Å²) in [6.45, 7) is 2.40. The Hall–Kier alpha value is -3.23. The molecule has 1 aromatic heterocycles. The zero-order valence-corrected chi connectivity index (χ0v) is 18.4. The maximum absolute atomic E-state index is 13.1. The molecule has 1 N–H and O–H groups in total. The molecular weight excluding hydrogens is 426 g/mol. The molecule has 7 nitrogen and oxygen atoms in total. The van der Waals surface area contributed by atoms with Crippen LogP contribution in [0, 0.1) is 12.8 Å². The van der Waals surface area contributed by atoms with Crippen molar-refractivity contribution in [1.82, 2.24) is 9.29 Å². The van der Waals surface area contributed by atoms with Gasteiger partial charge in [0.05, 0.1) is 4.90 Å². The number of aryl methyl sites for hydroxylation is 1. The predicted molar refractivity (Wildman–Crippen MR) is 123 cm³/mol. The largest absolute Gasteiger partial charge is 0.441 e. The minimum Gasteiger partial charge on any atom is -0.441 e. The van der Waals surface area contributed by atoms with E-state index in [2.05, 4.69) is 10.3 Å². The molecular formula is C24H23N3O4S. The number of amides is 1. The zero-order chi connectivity index (χ0) is 22.3. The minimum atomic E-state index is -3.60. The molecule has 4 aromatic rings. The summed E-state index contributed by atoms with van der Waals surface area (Å²) in [5.41, 5.74) is 2.02. The van der Waals surface area contributed by atoms with Crippen molar-refractivity contribution in [3.05, 3.63) is 66.6 Å². The summed E-state index contributed by atoms with van der Waals surface area (Å²) in [5, 5.41) is 4.82. The van der Waals surface area contributed by atoms with Gasteiger partial charge < -0.3 is 9.73 Å². The van der Waals surface area contributed by atoms with Crippen LogP contribution in [-0.2, 0) is 14.8 Å². The van der Waals surface area contributed by atoms with Crippen molar-refractivity contribution in [2.24, 2.45) is 5.92 Å². The van der Waals surface area contributed by atoms with Crippen LogP contribution in [0.5, 0.6) is 0 Å². The van der Waals surface area contributed by atoms with Crippen molar-refractivity contribution in [2.45, 2.75) is 24.7 Å². The summed E-state index contributed by atoms with van der Waals surface area (Å²) in [6.07, 6.45) is 0.952. The second-order valence-electron chi connectivity index (χ2n) is 8.09. The number of aromatic nitrogens is 1. The summed E-state index contributed by atoms with van der Waals surface area (Å²) in [5.74, 6) is 0.226. The van der Waals surface area contributed by atoms with E-state index in [1.165, 1.54) is 4.31 Å². The topological polar surface area (TPSA) is 92.5 Å². The Labute approximate surface area is 186 Å². The molecule has 0 bridgehead atoms. The molecule has 8 heteroatoms. The van der Waals surface area contributed by atoms with Gasteiger partial charge in [0.1, 0.15) is 5.52 Å². The van der Waals surface area contributed by atoms with E-state index in [0.29, 0.717) is 48.6 Å². The van der Waals surface area contributed by atoms with Crippen LogP contribution in [0.1, 0.15) is 18.7 Å². The van der Waals surface area contributed by atoms with Gasteiger partial charge in [0.25, 0.3) is 0 Å². The van der Waals surface area contributed by atoms with Crippen LogP contribution in [0.25, 0.3) is 21.9 Å². The first-order chi connectivity index (χ1) is 15.4. The number of fused-ring (bicyclic) bond motifs is 2. The molecule has 0 saturated carbocycles. The average Bonchev–Trinajstić information content (AvgIpc) is 3.18. The Balaban J connectivity index is 1.25. The molecule has 1 saturated heterocycles. The minimum absolute atomic E-state index is 0.104. The molecule has 5 rings (SSSR count). The third-order valence-corrected chi connectivity index (χ3v) is 7.84. The highest BCUT2D eigenvalue weighted by atomic mass is 32.2. The van der Waals surface area contributed by atoms with E-state index in [4.69, 9.17) is 4.42 Å². The van der Waals surface area contributed by atoms with Crippen LogP contribution in [0.4, 0.5) is 5.69 Å². The smallest absolute Gasteiger partial charge is 0.243 e. The molecule has 1 amide bonds. The van der Waals surface area contributed by atoms with Crippen molar-refractivity contribution < 1.29 is 17.6 Å². The standard InChI is InChI=1S/C24H23N3O4S/c1-16-25-22-15-20(7-9-23(22)31-16)26-24(28)18-10-12-27(13-11-18)32(29,30)21-8-6-17-4-2-3-5-19(17)14-21/h2-9,14-15,18H,10-13H2,1H3,(H,26,28). The van der Waals surface area contributed by atoms with Gasteiger partial charge in [-0.2, -0.15) is 4.31 Å². The second-order valence-corrected chi connectivity index (χ2v) is 10.0. The van der Waals surface area contributed by atoms with Gasteiger partial charge in [0.15, 0.2) is 11.5 Å². The highest BCUT2D eigenvalue weighted by Gasteiger charge is 2.32. The number of oxazole rings is 1. The number of hydrogen-bond acceptors (Lipinski definition) is 5. The van der Waals surface area contributed by atoms with Gasteiger partial charge in [-0.3, -0.25) is 4.79 Å². The lowest BCUT2D eigenvalue weighted by atomic mass is 9.97. The van der Waals surface area contributed by atoms with Gasteiger partial charge in [0.2, 0.25) is 15.9 Å². The molecule has 0 atom stereocenters. The molecule has 3 aromatic carbocycles. The van der Waals surface area contributed by atoms with E-state index < -0.39 is 10.0 Å². The van der Waals surface area contributed by atoms with E-state index in [1.54, 1.807) is 37.3 Å². The van der Waals surface area contributed by atoms with Crippen LogP contribution in [-0.4, -0.2) is 36.7 Å². The van der Waals surface area contributed by atoms with Gasteiger partial charge in [0, 0.05) is 31.6 Å². The third-order valence-electron chi connectivity index (χ3n) is 5.95. The maximum Gasteiger partial charge on any atom is 0.243 e. The number of anilines is 1. The van der Waals surface area contributed by atoms with E-state index in [1.807, 2.05) is 30.3 Å². The molecule has 0 radical (unpaired) electrons. The molecule has 32 heavy (non-hydrogen) atoms. The van der Waals surface area contributed by atoms with Gasteiger partial charge >= 0.3 is 0 Å². The fourth-order valence-corrected chi connectivity index (χ4v) is 5.71. The average molecular weight is 450 g/mol. The number of benzene rings is 3. The number of carbonyl (C=O) groups is 1. The Morgan fingerprint density at radius 3 is 2.56 bits per heavy atom. The molecule has 0 spiro atoms. The Morgan fingerprint density at radius 2 is 1.78 bits per heavy atom. The SMILES string of the molecule is Cc1nc2cc(NC(=O)C3CCN(S(=O)(=O)c4ccc5ccccc5c4)CC3)ccc2o1. The highest BCUT2D eigenvalue weighted by Crippen LogP contribution is 2.27. The van der Waals surface area contributed by atoms with Gasteiger partial charge in [-0.1, -0.05) is 30.3 Å². The number of sulfonamides is 1. The maximum atomic E-state index is 13.1. The highest BCUT2D eigenvalue weighted by molar-refractivity contribution is 7.89. The van der Waals surface area contributed by atoms with E-state index >= 15 is 0 Å². The first kappa shape index (κ1) is 20.7. The summed E-state index contributed by atoms with van der Waals surface area (Å²) < 4.78 is 33.2. The van der Waals surface area contributed by atoms with Gasteiger partial charge in [-0.15, -0.1) is 0 Å². The van der Waals surface area contributed by atoms with Crippen LogP contribution < -0.4 is 5.32 Å². The molecule has 164 valence electrons. The summed E-state index contributed by atoms with van der Waals surface area (Å²) in [7, 11) is -3.60. The number of piperidine rings is 1. The molecule has 0 aliphatic carbocycles. The van der Waals surface area contributed by atoms with Crippen molar-refractivity contribution in [2.75, 3.05) is 18.4 Å². The molecule has 2 heterocycles. The Morgan fingerprint density at radius 1 is 1.03 bits per heavy atom. The lowest BCUT2D eigenvalue weighted by molar-refractivity contribution is -0.120. The number of rotatable bonds is 4. The third kappa shape index (κ3) is 3.87. The van der Waals surface area contributed by atoms with E-state index in [-0.39, 0.29) is 16.7 Å². The summed E-state index contributed by atoms with van der Waals surface area (Å²) >= 11 is 0. The fourth-order valence-electron chi connectivity index (χ4n) is 4.20. The van der Waals surface area contributed by atoms with Crippen LogP contribution in [0.15, 0.2) is 70.0 Å². The monoisotopic (exact) mass is 449 g/mol. The molecule has 1 aliphatic heterocycles. The van der Waals surface area contributed by atoms with Crippen molar-refractivity contribution in [1.29, 1.82) is 0 Å². The number of nitrogens with zero attached hydrogens (tertiary/aromatic N) is 2. The van der Waals surface area contributed by atoms with Crippen LogP contribution in [0.3, 0.4) is 0 Å². The van der Waals surface area contributed by atoms with E-state index in [0.717, 1.165) is 10.8 Å². The van der Waals surface area contributed by atoms with Crippen molar-refractivity contribution in [3.8, 4) is 0 Å². The van der Waals surface area contributed by atoms with Crippen LogP contribution >= 0.6 is 0 Å². The number of nitrogens with one attached hydrogen (secondary N) is 1. The van der Waals surface area contributed by atoms with Crippen molar-refractivity contribution in [3.63, 3.8) is 0 Å². The summed E-state index contributed by atoms with van der Waals surface area (Å²) in [4.78, 5) is 17.3. The lowest BCUT2D eigenvalue weighted by Gasteiger charge is -2.30. The predicted octanol–water partition coefficient (Wildman–Crippen LogP) is 4.33. The van der Waals surface area contributed by atoms with Crippen LogP contribution in [0.2, 0.25) is 0 Å². The molecule has 0 unspecified atom stereocenters. The lowest BCUT2D eigenvalue weighted by Crippen LogP contribution is -2.41.